The van der Waals surface area contributed by atoms with Crippen LogP contribution in [-0.4, -0.2) is 73.6 Å². The first-order valence-electron chi connectivity index (χ1n) is 14.1. The molecule has 3 N–H and O–H groups in total. The van der Waals surface area contributed by atoms with Crippen molar-refractivity contribution in [3.05, 3.63) is 83.4 Å². The van der Waals surface area contributed by atoms with Gasteiger partial charge in [-0.15, -0.1) is 0 Å². The van der Waals surface area contributed by atoms with Crippen LogP contribution >= 0.6 is 0 Å². The number of aliphatic hydroxyl groups is 1. The number of urea groups is 1. The van der Waals surface area contributed by atoms with Crippen LogP contribution in [0, 0.1) is 12.8 Å². The summed E-state index contributed by atoms with van der Waals surface area (Å²) in [5.41, 5.74) is 0.263. The number of likely N-dealkylation sites (N-methyl/N-ethyl adjacent to an activating group) is 1. The zero-order chi connectivity index (χ0) is 33.1. The largest absolute Gasteiger partial charge is 0.486 e. The summed E-state index contributed by atoms with van der Waals surface area (Å²) >= 11 is 0. The zero-order valence-corrected chi connectivity index (χ0v) is 25.9. The topological polar surface area (TPSA) is 128 Å². The minimum absolute atomic E-state index is 0.0158. The van der Waals surface area contributed by atoms with Crippen LogP contribution in [0.5, 0.6) is 5.75 Å². The van der Waals surface area contributed by atoms with E-state index in [4.69, 9.17) is 4.74 Å². The second kappa shape index (κ2) is 13.5. The van der Waals surface area contributed by atoms with Gasteiger partial charge in [0, 0.05) is 25.2 Å². The fourth-order valence-electron chi connectivity index (χ4n) is 4.83. The van der Waals surface area contributed by atoms with Crippen LogP contribution in [0.25, 0.3) is 0 Å². The Kier molecular flexibility index (Phi) is 10.1. The Hall–Kier alpha value is -4.14. The number of benzene rings is 3. The quantitative estimate of drug-likeness (QED) is 0.308. The van der Waals surface area contributed by atoms with Crippen molar-refractivity contribution in [3.8, 4) is 5.75 Å². The minimum atomic E-state index is -4.53. The molecule has 0 saturated carbocycles. The first-order valence-corrected chi connectivity index (χ1v) is 15.6. The van der Waals surface area contributed by atoms with Crippen LogP contribution in [0.1, 0.15) is 35.3 Å². The van der Waals surface area contributed by atoms with Gasteiger partial charge in [-0.2, -0.15) is 17.5 Å². The number of nitrogens with zero attached hydrogens (tertiary/aromatic N) is 2. The third kappa shape index (κ3) is 7.75. The van der Waals surface area contributed by atoms with E-state index in [0.29, 0.717) is 0 Å². The van der Waals surface area contributed by atoms with Crippen LogP contribution in [0.3, 0.4) is 0 Å². The van der Waals surface area contributed by atoms with Gasteiger partial charge in [-0.1, -0.05) is 30.7 Å². The summed E-state index contributed by atoms with van der Waals surface area (Å²) in [4.78, 5) is 28.2. The van der Waals surface area contributed by atoms with Crippen molar-refractivity contribution in [2.24, 2.45) is 5.92 Å². The lowest BCUT2D eigenvalue weighted by molar-refractivity contribution is -0.137. The van der Waals surface area contributed by atoms with Gasteiger partial charge in [-0.05, 0) is 62.4 Å². The van der Waals surface area contributed by atoms with Gasteiger partial charge in [0.05, 0.1) is 40.9 Å². The molecule has 0 fully saturated rings. The minimum Gasteiger partial charge on any atom is -0.486 e. The Morgan fingerprint density at radius 1 is 1.09 bits per heavy atom. The van der Waals surface area contributed by atoms with Crippen molar-refractivity contribution < 1.29 is 41.0 Å². The summed E-state index contributed by atoms with van der Waals surface area (Å²) in [6.07, 6.45) is -5.34. The number of alkyl halides is 3. The Bertz CT molecular complexity index is 1630. The molecule has 14 heteroatoms. The van der Waals surface area contributed by atoms with Crippen LogP contribution in [0.15, 0.2) is 71.6 Å². The normalized spacial score (nSPS) is 18.0. The number of aliphatic hydroxyl groups excluding tert-OH is 1. The SMILES string of the molecule is Cc1ccc(S(=O)(=O)N(C)C[C@@H]2Oc3c(NC(=O)Nc4ccc(C(F)(F)F)cc4)cccc3C(=O)N([C@@H](C)CO)C[C@H]2C)cc1. The van der Waals surface area contributed by atoms with Crippen molar-refractivity contribution >= 4 is 33.3 Å². The van der Waals surface area contributed by atoms with Crippen molar-refractivity contribution in [1.29, 1.82) is 0 Å². The summed E-state index contributed by atoms with van der Waals surface area (Å²) in [7, 11) is -2.49. The lowest BCUT2D eigenvalue weighted by Gasteiger charge is -2.38. The van der Waals surface area contributed by atoms with E-state index in [2.05, 4.69) is 10.6 Å². The molecule has 1 aliphatic rings. The highest BCUT2D eigenvalue weighted by Gasteiger charge is 2.36. The first kappa shape index (κ1) is 33.7. The van der Waals surface area contributed by atoms with E-state index in [1.54, 1.807) is 26.0 Å². The monoisotopic (exact) mass is 648 g/mol. The molecule has 0 bridgehead atoms. The summed E-state index contributed by atoms with van der Waals surface area (Å²) < 4.78 is 73.1. The van der Waals surface area contributed by atoms with E-state index in [1.807, 2.05) is 6.92 Å². The Morgan fingerprint density at radius 2 is 1.73 bits per heavy atom. The van der Waals surface area contributed by atoms with Crippen LogP contribution in [0.2, 0.25) is 0 Å². The Balaban J connectivity index is 1.65. The van der Waals surface area contributed by atoms with Crippen LogP contribution in [0.4, 0.5) is 29.3 Å². The van der Waals surface area contributed by atoms with E-state index in [9.17, 15) is 36.3 Å². The predicted octanol–water partition coefficient (Wildman–Crippen LogP) is 5.20. The Morgan fingerprint density at radius 3 is 2.33 bits per heavy atom. The number of carbonyl (C=O) groups is 2. The average Bonchev–Trinajstić information content (AvgIpc) is 2.98. The molecular weight excluding hydrogens is 613 g/mol. The number of halogens is 3. The predicted molar refractivity (Wildman–Crippen MR) is 163 cm³/mol. The molecule has 0 aliphatic carbocycles. The van der Waals surface area contributed by atoms with Crippen molar-refractivity contribution in [2.45, 2.75) is 44.0 Å². The van der Waals surface area contributed by atoms with Gasteiger partial charge in [0.2, 0.25) is 10.0 Å². The number of ether oxygens (including phenoxy) is 1. The maximum absolute atomic E-state index is 13.7. The third-order valence-corrected chi connectivity index (χ3v) is 9.41. The molecule has 3 aromatic rings. The number of fused-ring (bicyclic) bond motifs is 1. The molecule has 0 unspecified atom stereocenters. The van der Waals surface area contributed by atoms with Crippen molar-refractivity contribution in [1.82, 2.24) is 9.21 Å². The van der Waals surface area contributed by atoms with Crippen LogP contribution < -0.4 is 15.4 Å². The molecule has 4 rings (SSSR count). The molecule has 1 heterocycles. The van der Waals surface area contributed by atoms with E-state index >= 15 is 0 Å². The average molecular weight is 649 g/mol. The first-order chi connectivity index (χ1) is 21.1. The molecule has 10 nitrogen and oxygen atoms in total. The highest BCUT2D eigenvalue weighted by atomic mass is 32.2. The van der Waals surface area contributed by atoms with Gasteiger partial charge in [0.25, 0.3) is 5.91 Å². The van der Waals surface area contributed by atoms with Gasteiger partial charge < -0.3 is 25.4 Å². The van der Waals surface area contributed by atoms with E-state index in [1.165, 1.54) is 42.3 Å². The molecule has 0 aromatic heterocycles. The second-order valence-electron chi connectivity index (χ2n) is 11.1. The number of carbonyl (C=O) groups excluding carboxylic acids is 2. The lowest BCUT2D eigenvalue weighted by atomic mass is 9.99. The highest BCUT2D eigenvalue weighted by Crippen LogP contribution is 2.36. The smallest absolute Gasteiger partial charge is 0.416 e. The number of amides is 3. The number of hydrogen-bond donors (Lipinski definition) is 3. The summed E-state index contributed by atoms with van der Waals surface area (Å²) in [5.74, 6) is -0.914. The number of aryl methyl sites for hydroxylation is 1. The summed E-state index contributed by atoms with van der Waals surface area (Å²) in [6, 6.07) is 13.4. The standard InChI is InChI=1S/C31H35F3N4O6S/c1-19-8-14-24(15-9-19)45(42,43)37(4)17-27-20(2)16-38(21(3)18-39)29(40)25-6-5-7-26(28(25)44-27)36-30(41)35-23-12-10-22(11-13-23)31(32,33)34/h5-15,20-21,27,39H,16-18H2,1-4H3,(H2,35,36,41)/t20-,21+,27+/m1/s1. The number of anilines is 2. The molecule has 0 saturated heterocycles. The fraction of sp³-hybridized carbons (Fsp3) is 0.355. The van der Waals surface area contributed by atoms with Gasteiger partial charge >= 0.3 is 12.2 Å². The second-order valence-corrected chi connectivity index (χ2v) is 13.1. The lowest BCUT2D eigenvalue weighted by Crippen LogP contribution is -2.50. The number of rotatable bonds is 8. The third-order valence-electron chi connectivity index (χ3n) is 7.58. The van der Waals surface area contributed by atoms with Gasteiger partial charge in [-0.25, -0.2) is 13.2 Å². The van der Waals surface area contributed by atoms with Crippen molar-refractivity contribution in [2.75, 3.05) is 37.4 Å². The number of hydrogen-bond acceptors (Lipinski definition) is 6. The molecule has 1 aliphatic heterocycles. The highest BCUT2D eigenvalue weighted by molar-refractivity contribution is 7.89. The molecule has 45 heavy (non-hydrogen) atoms. The molecule has 3 atom stereocenters. The molecular formula is C31H35F3N4O6S. The number of para-hydroxylation sites is 1. The number of nitrogens with one attached hydrogen (secondary N) is 2. The van der Waals surface area contributed by atoms with Crippen LogP contribution in [-0.2, 0) is 16.2 Å². The number of sulfonamides is 1. The summed E-state index contributed by atoms with van der Waals surface area (Å²) in [5, 5.41) is 14.9. The van der Waals surface area contributed by atoms with Gasteiger partial charge in [0.1, 0.15) is 6.10 Å². The molecule has 3 amide bonds. The van der Waals surface area contributed by atoms with E-state index < -0.39 is 51.8 Å². The maximum atomic E-state index is 13.7. The Labute approximate surface area is 259 Å². The molecule has 3 aromatic carbocycles. The van der Waals surface area contributed by atoms with E-state index in [-0.39, 0.29) is 47.3 Å². The maximum Gasteiger partial charge on any atom is 0.416 e. The molecule has 0 spiro atoms. The fourth-order valence-corrected chi connectivity index (χ4v) is 6.01. The van der Waals surface area contributed by atoms with Crippen molar-refractivity contribution in [3.63, 3.8) is 0 Å². The molecule has 0 radical (unpaired) electrons. The van der Waals surface area contributed by atoms with Gasteiger partial charge in [-0.3, -0.25) is 4.79 Å². The van der Waals surface area contributed by atoms with E-state index in [0.717, 1.165) is 34.1 Å². The van der Waals surface area contributed by atoms with Gasteiger partial charge in [0.15, 0.2) is 5.75 Å². The summed E-state index contributed by atoms with van der Waals surface area (Å²) in [6.45, 7) is 5.02. The molecule has 242 valence electrons. The zero-order valence-electron chi connectivity index (χ0n) is 25.1.